The van der Waals surface area contributed by atoms with Crippen LogP contribution in [0.15, 0.2) is 81.9 Å². The molecule has 1 aliphatic rings. The van der Waals surface area contributed by atoms with Gasteiger partial charge in [-0.15, -0.1) is 0 Å². The number of benzene rings is 2. The molecule has 0 bridgehead atoms. The van der Waals surface area contributed by atoms with Crippen molar-refractivity contribution in [2.75, 3.05) is 42.6 Å². The number of carboxylic acids is 1. The van der Waals surface area contributed by atoms with Crippen LogP contribution in [0.3, 0.4) is 0 Å². The minimum Gasteiger partial charge on any atom is -0.481 e. The first-order valence-corrected chi connectivity index (χ1v) is 15.1. The van der Waals surface area contributed by atoms with E-state index in [1.165, 1.54) is 0 Å². The first-order chi connectivity index (χ1) is 21.1. The number of anilines is 3. The van der Waals surface area contributed by atoms with Gasteiger partial charge in [0.25, 0.3) is 0 Å². The number of aliphatic hydroxyl groups excluding tert-OH is 1. The van der Waals surface area contributed by atoms with Crippen molar-refractivity contribution in [1.29, 1.82) is 0 Å². The summed E-state index contributed by atoms with van der Waals surface area (Å²) < 4.78 is 0. The van der Waals surface area contributed by atoms with Crippen LogP contribution in [0.1, 0.15) is 62.1 Å². The quantitative estimate of drug-likeness (QED) is 0.151. The predicted octanol–water partition coefficient (Wildman–Crippen LogP) is 5.89. The molecule has 5 N–H and O–H groups in total. The SMILES string of the molecule is CN=C(/C(=C(/C)Nc1ccc(N2CCC(CC(=O)O)C2)nc1C)C(C)C)c1cccc(N)c1C=NCC(O)c1ccccc1. The highest BCUT2D eigenvalue weighted by Gasteiger charge is 2.26. The van der Waals surface area contributed by atoms with Gasteiger partial charge < -0.3 is 26.2 Å². The number of aromatic nitrogens is 1. The van der Waals surface area contributed by atoms with Crippen LogP contribution in [-0.4, -0.2) is 59.8 Å². The molecule has 4 rings (SSSR count). The lowest BCUT2D eigenvalue weighted by molar-refractivity contribution is -0.137. The molecule has 3 aromatic rings. The number of carboxylic acid groups (broad SMARTS) is 1. The van der Waals surface area contributed by atoms with Crippen molar-refractivity contribution in [2.45, 2.75) is 46.6 Å². The maximum Gasteiger partial charge on any atom is 0.303 e. The Morgan fingerprint density at radius 2 is 1.91 bits per heavy atom. The Morgan fingerprint density at radius 3 is 2.57 bits per heavy atom. The van der Waals surface area contributed by atoms with Gasteiger partial charge in [-0.2, -0.15) is 0 Å². The molecule has 2 heterocycles. The maximum absolute atomic E-state index is 11.1. The molecule has 44 heavy (non-hydrogen) atoms. The second-order valence-corrected chi connectivity index (χ2v) is 11.6. The average molecular weight is 597 g/mol. The van der Waals surface area contributed by atoms with Crippen molar-refractivity contribution in [1.82, 2.24) is 4.98 Å². The molecular formula is C35H44N6O3. The number of aliphatic hydroxyl groups is 1. The Bertz CT molecular complexity index is 1550. The summed E-state index contributed by atoms with van der Waals surface area (Å²) >= 11 is 0. The number of hydrogen-bond acceptors (Lipinski definition) is 8. The minimum atomic E-state index is -0.752. The van der Waals surface area contributed by atoms with Crippen LogP contribution in [-0.2, 0) is 4.79 Å². The fourth-order valence-corrected chi connectivity index (χ4v) is 5.81. The summed E-state index contributed by atoms with van der Waals surface area (Å²) in [6, 6.07) is 19.3. The highest BCUT2D eigenvalue weighted by Crippen LogP contribution is 2.29. The third kappa shape index (κ3) is 7.90. The molecule has 0 aliphatic carbocycles. The van der Waals surface area contributed by atoms with Gasteiger partial charge in [0.05, 0.1) is 29.7 Å². The van der Waals surface area contributed by atoms with Crippen LogP contribution in [0.25, 0.3) is 0 Å². The summed E-state index contributed by atoms with van der Waals surface area (Å²) in [5, 5.41) is 23.3. The molecule has 2 aromatic carbocycles. The molecule has 9 heteroatoms. The topological polar surface area (TPSA) is 136 Å². The molecular weight excluding hydrogens is 552 g/mol. The van der Waals surface area contributed by atoms with E-state index in [1.807, 2.05) is 74.5 Å². The zero-order valence-corrected chi connectivity index (χ0v) is 26.3. The van der Waals surface area contributed by atoms with Gasteiger partial charge in [0.15, 0.2) is 0 Å². The van der Waals surface area contributed by atoms with Gasteiger partial charge in [-0.3, -0.25) is 14.8 Å². The Balaban J connectivity index is 1.58. The molecule has 232 valence electrons. The fourth-order valence-electron chi connectivity index (χ4n) is 5.81. The van der Waals surface area contributed by atoms with E-state index in [0.717, 1.165) is 63.8 Å². The van der Waals surface area contributed by atoms with Crippen LogP contribution >= 0.6 is 0 Å². The number of allylic oxidation sites excluding steroid dienone is 2. The first-order valence-electron chi connectivity index (χ1n) is 15.1. The van der Waals surface area contributed by atoms with Gasteiger partial charge in [-0.05, 0) is 61.4 Å². The van der Waals surface area contributed by atoms with E-state index in [0.29, 0.717) is 12.2 Å². The molecule has 2 atom stereocenters. The van der Waals surface area contributed by atoms with Crippen molar-refractivity contribution in [3.05, 3.63) is 94.3 Å². The van der Waals surface area contributed by atoms with Crippen molar-refractivity contribution in [3.8, 4) is 0 Å². The van der Waals surface area contributed by atoms with E-state index in [-0.39, 0.29) is 24.8 Å². The van der Waals surface area contributed by atoms with Crippen LogP contribution in [0, 0.1) is 18.8 Å². The van der Waals surface area contributed by atoms with Crippen LogP contribution in [0.4, 0.5) is 17.2 Å². The summed E-state index contributed by atoms with van der Waals surface area (Å²) in [6.45, 7) is 10.0. The molecule has 1 fully saturated rings. The molecule has 0 amide bonds. The third-order valence-corrected chi connectivity index (χ3v) is 8.00. The minimum absolute atomic E-state index is 0.135. The van der Waals surface area contributed by atoms with Crippen molar-refractivity contribution in [2.24, 2.45) is 21.8 Å². The normalized spacial score (nSPS) is 16.8. The molecule has 9 nitrogen and oxygen atoms in total. The summed E-state index contributed by atoms with van der Waals surface area (Å²) in [6.07, 6.45) is 2.07. The van der Waals surface area contributed by atoms with E-state index >= 15 is 0 Å². The number of aliphatic carboxylic acids is 1. The number of nitrogen functional groups attached to an aromatic ring is 1. The summed E-state index contributed by atoms with van der Waals surface area (Å²) in [5.41, 5.74) is 14.0. The zero-order valence-electron chi connectivity index (χ0n) is 26.3. The lowest BCUT2D eigenvalue weighted by atomic mass is 9.89. The van der Waals surface area contributed by atoms with Gasteiger partial charge in [-0.25, -0.2) is 4.98 Å². The highest BCUT2D eigenvalue weighted by atomic mass is 16.4. The second kappa shape index (κ2) is 14.8. The second-order valence-electron chi connectivity index (χ2n) is 11.6. The number of nitrogens with zero attached hydrogens (tertiary/aromatic N) is 4. The molecule has 0 saturated carbocycles. The lowest BCUT2D eigenvalue weighted by Crippen LogP contribution is -2.22. The predicted molar refractivity (Wildman–Crippen MR) is 180 cm³/mol. The van der Waals surface area contributed by atoms with E-state index in [4.69, 9.17) is 20.8 Å². The summed E-state index contributed by atoms with van der Waals surface area (Å²) in [7, 11) is 1.78. The van der Waals surface area contributed by atoms with Crippen molar-refractivity contribution >= 4 is 35.1 Å². The number of nitrogens with two attached hydrogens (primary N) is 1. The van der Waals surface area contributed by atoms with Gasteiger partial charge >= 0.3 is 5.97 Å². The van der Waals surface area contributed by atoms with Crippen molar-refractivity contribution in [3.63, 3.8) is 0 Å². The molecule has 2 unspecified atom stereocenters. The Kier molecular flexibility index (Phi) is 10.9. The average Bonchev–Trinajstić information content (AvgIpc) is 3.45. The largest absolute Gasteiger partial charge is 0.481 e. The maximum atomic E-state index is 11.1. The van der Waals surface area contributed by atoms with E-state index < -0.39 is 12.1 Å². The summed E-state index contributed by atoms with van der Waals surface area (Å²) in [4.78, 5) is 27.5. The van der Waals surface area contributed by atoms with Crippen LogP contribution < -0.4 is 16.0 Å². The fraction of sp³-hybridized carbons (Fsp3) is 0.371. The third-order valence-electron chi connectivity index (χ3n) is 8.00. The highest BCUT2D eigenvalue weighted by molar-refractivity contribution is 6.18. The molecule has 1 aliphatic heterocycles. The van der Waals surface area contributed by atoms with E-state index in [2.05, 4.69) is 29.1 Å². The van der Waals surface area contributed by atoms with Gasteiger partial charge in [0.1, 0.15) is 5.82 Å². The van der Waals surface area contributed by atoms with Gasteiger partial charge in [0.2, 0.25) is 0 Å². The Labute approximate surface area is 260 Å². The Hall–Kier alpha value is -4.50. The zero-order chi connectivity index (χ0) is 31.8. The smallest absolute Gasteiger partial charge is 0.303 e. The molecule has 0 spiro atoms. The van der Waals surface area contributed by atoms with Crippen molar-refractivity contribution < 1.29 is 15.0 Å². The monoisotopic (exact) mass is 596 g/mol. The molecule has 1 saturated heterocycles. The number of aliphatic imine (C=N–C) groups is 2. The Morgan fingerprint density at radius 1 is 1.16 bits per heavy atom. The van der Waals surface area contributed by atoms with E-state index in [9.17, 15) is 9.90 Å². The van der Waals surface area contributed by atoms with E-state index in [1.54, 1.807) is 13.3 Å². The molecule has 0 radical (unpaired) electrons. The van der Waals surface area contributed by atoms with Gasteiger partial charge in [0, 0.05) is 55.3 Å². The van der Waals surface area contributed by atoms with Crippen LogP contribution in [0.2, 0.25) is 0 Å². The lowest BCUT2D eigenvalue weighted by Gasteiger charge is -2.23. The summed E-state index contributed by atoms with van der Waals surface area (Å²) in [5.74, 6) is 0.395. The first kappa shape index (κ1) is 32.4. The standard InChI is InChI=1S/C35H44N6O3/c1-22(2)34(24(4)39-30-14-15-32(40-23(30)3)41-17-16-25(21-41)18-33(43)44)35(37-5)27-12-9-13-29(36)28(27)19-38-20-31(42)26-10-7-6-8-11-26/h6-15,19,22,25,31,39,42H,16-18,20-21,36H2,1-5H3,(H,43,44)/b34-24-,37-35?,38-19?. The number of aryl methyl sites for hydroxylation is 1. The van der Waals surface area contributed by atoms with Gasteiger partial charge in [-0.1, -0.05) is 56.3 Å². The number of rotatable bonds is 12. The number of hydrogen-bond donors (Lipinski definition) is 4. The number of pyridine rings is 1. The number of nitrogens with one attached hydrogen (secondary N) is 1. The van der Waals surface area contributed by atoms with Crippen LogP contribution in [0.5, 0.6) is 0 Å². The molecule has 1 aromatic heterocycles. The number of carbonyl (C=O) groups is 1.